The molecule has 0 saturated heterocycles. The Bertz CT molecular complexity index is 423. The fraction of sp³-hybridized carbons (Fsp3) is 0.556. The van der Waals surface area contributed by atoms with E-state index in [-0.39, 0.29) is 4.21 Å². The van der Waals surface area contributed by atoms with Crippen LogP contribution in [0.1, 0.15) is 16.9 Å². The molecular formula is C9H13ClO3S2. The third kappa shape index (κ3) is 3.75. The van der Waals surface area contributed by atoms with Gasteiger partial charge in [0.25, 0.3) is 9.05 Å². The number of methoxy groups -OCH3 is 1. The second kappa shape index (κ2) is 5.30. The molecule has 0 bridgehead atoms. The van der Waals surface area contributed by atoms with Crippen molar-refractivity contribution in [2.24, 2.45) is 0 Å². The van der Waals surface area contributed by atoms with Crippen LogP contribution < -0.4 is 0 Å². The SMILES string of the molecule is COCCCc1sc(S(=O)(=O)Cl)cc1C. The van der Waals surface area contributed by atoms with Gasteiger partial charge in [-0.15, -0.1) is 11.3 Å². The fourth-order valence-electron chi connectivity index (χ4n) is 1.23. The summed E-state index contributed by atoms with van der Waals surface area (Å²) >= 11 is 1.24. The zero-order valence-electron chi connectivity index (χ0n) is 8.62. The highest BCUT2D eigenvalue weighted by Crippen LogP contribution is 2.29. The van der Waals surface area contributed by atoms with E-state index in [0.717, 1.165) is 23.3 Å². The van der Waals surface area contributed by atoms with Crippen molar-refractivity contribution in [2.45, 2.75) is 24.0 Å². The molecule has 0 amide bonds. The molecule has 0 fully saturated rings. The number of halogens is 1. The normalized spacial score (nSPS) is 11.9. The van der Waals surface area contributed by atoms with Crippen molar-refractivity contribution < 1.29 is 13.2 Å². The summed E-state index contributed by atoms with van der Waals surface area (Å²) in [4.78, 5) is 1.06. The molecule has 15 heavy (non-hydrogen) atoms. The van der Waals surface area contributed by atoms with Gasteiger partial charge in [-0.3, -0.25) is 0 Å². The Morgan fingerprint density at radius 3 is 2.67 bits per heavy atom. The highest BCUT2D eigenvalue weighted by atomic mass is 35.7. The summed E-state index contributed by atoms with van der Waals surface area (Å²) < 4.78 is 27.3. The fourth-order valence-corrected chi connectivity index (χ4v) is 3.61. The third-order valence-corrected chi connectivity index (χ3v) is 5.36. The van der Waals surface area contributed by atoms with Gasteiger partial charge in [-0.25, -0.2) is 8.42 Å². The summed E-state index contributed by atoms with van der Waals surface area (Å²) in [6.07, 6.45) is 1.72. The molecule has 0 spiro atoms. The van der Waals surface area contributed by atoms with Crippen LogP contribution in [-0.2, 0) is 20.2 Å². The smallest absolute Gasteiger partial charge is 0.270 e. The van der Waals surface area contributed by atoms with Crippen molar-refractivity contribution in [2.75, 3.05) is 13.7 Å². The minimum atomic E-state index is -3.58. The van der Waals surface area contributed by atoms with E-state index in [1.54, 1.807) is 13.2 Å². The van der Waals surface area contributed by atoms with Gasteiger partial charge in [-0.05, 0) is 31.4 Å². The van der Waals surface area contributed by atoms with E-state index < -0.39 is 9.05 Å². The lowest BCUT2D eigenvalue weighted by atomic mass is 10.2. The zero-order chi connectivity index (χ0) is 11.5. The van der Waals surface area contributed by atoms with Gasteiger partial charge in [0.15, 0.2) is 0 Å². The van der Waals surface area contributed by atoms with Crippen molar-refractivity contribution in [1.29, 1.82) is 0 Å². The summed E-state index contributed by atoms with van der Waals surface area (Å²) in [5.74, 6) is 0. The monoisotopic (exact) mass is 268 g/mol. The second-order valence-electron chi connectivity index (χ2n) is 3.21. The van der Waals surface area contributed by atoms with Crippen LogP contribution in [0.25, 0.3) is 0 Å². The number of ether oxygens (including phenoxy) is 1. The van der Waals surface area contributed by atoms with Gasteiger partial charge in [-0.2, -0.15) is 0 Å². The highest BCUT2D eigenvalue weighted by molar-refractivity contribution is 8.15. The first-order valence-electron chi connectivity index (χ1n) is 4.48. The van der Waals surface area contributed by atoms with E-state index in [0.29, 0.717) is 6.61 Å². The van der Waals surface area contributed by atoms with Crippen molar-refractivity contribution in [3.63, 3.8) is 0 Å². The molecule has 1 aromatic heterocycles. The highest BCUT2D eigenvalue weighted by Gasteiger charge is 2.15. The van der Waals surface area contributed by atoms with Gasteiger partial charge < -0.3 is 4.74 Å². The van der Waals surface area contributed by atoms with E-state index >= 15 is 0 Å². The number of aryl methyl sites for hydroxylation is 2. The maximum atomic E-state index is 11.1. The molecule has 0 N–H and O–H groups in total. The second-order valence-corrected chi connectivity index (χ2v) is 7.14. The van der Waals surface area contributed by atoms with E-state index in [9.17, 15) is 8.42 Å². The van der Waals surface area contributed by atoms with Crippen LogP contribution in [0.4, 0.5) is 0 Å². The van der Waals surface area contributed by atoms with E-state index in [1.165, 1.54) is 11.3 Å². The Hall–Kier alpha value is -0.100. The van der Waals surface area contributed by atoms with Crippen molar-refractivity contribution in [3.8, 4) is 0 Å². The molecule has 0 aliphatic rings. The van der Waals surface area contributed by atoms with Crippen LogP contribution in [-0.4, -0.2) is 22.1 Å². The number of rotatable bonds is 5. The topological polar surface area (TPSA) is 43.4 Å². The van der Waals surface area contributed by atoms with Gasteiger partial charge in [0, 0.05) is 29.3 Å². The molecule has 1 rings (SSSR count). The summed E-state index contributed by atoms with van der Waals surface area (Å²) in [7, 11) is 3.34. The molecule has 6 heteroatoms. The summed E-state index contributed by atoms with van der Waals surface area (Å²) in [6.45, 7) is 2.57. The van der Waals surface area contributed by atoms with Gasteiger partial charge in [-0.1, -0.05) is 0 Å². The summed E-state index contributed by atoms with van der Waals surface area (Å²) in [6, 6.07) is 1.62. The Kier molecular flexibility index (Phi) is 4.58. The molecule has 0 radical (unpaired) electrons. The number of hydrogen-bond donors (Lipinski definition) is 0. The Morgan fingerprint density at radius 1 is 1.53 bits per heavy atom. The molecule has 0 aliphatic heterocycles. The predicted molar refractivity (Wildman–Crippen MR) is 62.3 cm³/mol. The quantitative estimate of drug-likeness (QED) is 0.609. The first-order chi connectivity index (χ1) is 6.95. The van der Waals surface area contributed by atoms with Gasteiger partial charge in [0.05, 0.1) is 0 Å². The summed E-state index contributed by atoms with van der Waals surface area (Å²) in [5.41, 5.74) is 0.982. The lowest BCUT2D eigenvalue weighted by Gasteiger charge is -1.98. The molecular weight excluding hydrogens is 256 g/mol. The maximum absolute atomic E-state index is 11.1. The first-order valence-corrected chi connectivity index (χ1v) is 7.60. The van der Waals surface area contributed by atoms with Crippen LogP contribution in [0.3, 0.4) is 0 Å². The van der Waals surface area contributed by atoms with Crippen LogP contribution in [0.2, 0.25) is 0 Å². The maximum Gasteiger partial charge on any atom is 0.270 e. The van der Waals surface area contributed by atoms with E-state index in [4.69, 9.17) is 15.4 Å². The molecule has 0 saturated carbocycles. The predicted octanol–water partition coefficient (Wildman–Crippen LogP) is 2.56. The molecule has 86 valence electrons. The van der Waals surface area contributed by atoms with E-state index in [2.05, 4.69) is 0 Å². The van der Waals surface area contributed by atoms with Gasteiger partial charge >= 0.3 is 0 Å². The zero-order valence-corrected chi connectivity index (χ0v) is 11.0. The Morgan fingerprint density at radius 2 is 2.20 bits per heavy atom. The lowest BCUT2D eigenvalue weighted by Crippen LogP contribution is -1.91. The van der Waals surface area contributed by atoms with E-state index in [1.807, 2.05) is 6.92 Å². The average molecular weight is 269 g/mol. The molecule has 1 aromatic rings. The lowest BCUT2D eigenvalue weighted by molar-refractivity contribution is 0.195. The van der Waals surface area contributed by atoms with Crippen LogP contribution in [0, 0.1) is 6.92 Å². The van der Waals surface area contributed by atoms with Crippen molar-refractivity contribution >= 4 is 31.1 Å². The number of hydrogen-bond acceptors (Lipinski definition) is 4. The standard InChI is InChI=1S/C9H13ClO3S2/c1-7-6-9(15(10,11)12)14-8(7)4-3-5-13-2/h6H,3-5H2,1-2H3. The Labute approximate surface area is 98.4 Å². The largest absolute Gasteiger partial charge is 0.385 e. The van der Waals surface area contributed by atoms with Crippen LogP contribution in [0.15, 0.2) is 10.3 Å². The third-order valence-electron chi connectivity index (χ3n) is 1.99. The van der Waals surface area contributed by atoms with Gasteiger partial charge in [0.1, 0.15) is 4.21 Å². The van der Waals surface area contributed by atoms with Crippen molar-refractivity contribution in [1.82, 2.24) is 0 Å². The van der Waals surface area contributed by atoms with Gasteiger partial charge in [0.2, 0.25) is 0 Å². The minimum absolute atomic E-state index is 0.231. The number of thiophene rings is 1. The molecule has 3 nitrogen and oxygen atoms in total. The molecule has 1 heterocycles. The van der Waals surface area contributed by atoms with Crippen LogP contribution in [0.5, 0.6) is 0 Å². The van der Waals surface area contributed by atoms with Crippen LogP contribution >= 0.6 is 22.0 Å². The Balaban J connectivity index is 2.78. The molecule has 0 unspecified atom stereocenters. The summed E-state index contributed by atoms with van der Waals surface area (Å²) in [5, 5.41) is 0. The molecule has 0 aliphatic carbocycles. The molecule has 0 aromatic carbocycles. The minimum Gasteiger partial charge on any atom is -0.385 e. The molecule has 0 atom stereocenters. The average Bonchev–Trinajstić information content (AvgIpc) is 2.48. The first kappa shape index (κ1) is 13.0. The van der Waals surface area contributed by atoms with Crippen molar-refractivity contribution in [3.05, 3.63) is 16.5 Å².